The van der Waals surface area contributed by atoms with E-state index in [1.54, 1.807) is 0 Å². The zero-order valence-corrected chi connectivity index (χ0v) is 13.4. The zero-order chi connectivity index (χ0) is 16.3. The fourth-order valence-electron chi connectivity index (χ4n) is 2.67. The fourth-order valence-corrected chi connectivity index (χ4v) is 4.19. The number of benzene rings is 2. The minimum Gasteiger partial charge on any atom is -0.489 e. The molecule has 2 aromatic rings. The van der Waals surface area contributed by atoms with Crippen molar-refractivity contribution in [1.29, 1.82) is 0 Å². The molecule has 0 bridgehead atoms. The maximum Gasteiger partial charge on any atom is 0.235 e. The molecule has 3 rings (SSSR count). The van der Waals surface area contributed by atoms with Crippen LogP contribution in [0.15, 0.2) is 48.5 Å². The van der Waals surface area contributed by atoms with Gasteiger partial charge in [0.25, 0.3) is 0 Å². The second-order valence-corrected chi connectivity index (χ2v) is 7.45. The van der Waals surface area contributed by atoms with Crippen LogP contribution in [-0.2, 0) is 16.4 Å². The average Bonchev–Trinajstić information content (AvgIpc) is 2.55. The van der Waals surface area contributed by atoms with Gasteiger partial charge >= 0.3 is 0 Å². The lowest BCUT2D eigenvalue weighted by Gasteiger charge is -2.30. The topological polar surface area (TPSA) is 46.6 Å². The van der Waals surface area contributed by atoms with Gasteiger partial charge in [0.05, 0.1) is 18.0 Å². The summed E-state index contributed by atoms with van der Waals surface area (Å²) in [5.74, 6) is -0.0410. The monoisotopic (exact) mass is 335 g/mol. The van der Waals surface area contributed by atoms with Gasteiger partial charge in [-0.2, -0.15) is 0 Å². The number of nitrogens with zero attached hydrogens (tertiary/aromatic N) is 1. The van der Waals surface area contributed by atoms with Gasteiger partial charge < -0.3 is 4.74 Å². The smallest absolute Gasteiger partial charge is 0.235 e. The molecule has 0 radical (unpaired) electrons. The van der Waals surface area contributed by atoms with Crippen molar-refractivity contribution in [2.24, 2.45) is 0 Å². The molecule has 1 heterocycles. The number of hydrogen-bond acceptors (Lipinski definition) is 3. The molecule has 0 N–H and O–H groups in total. The molecule has 4 nitrogen and oxygen atoms in total. The molecule has 2 aromatic carbocycles. The third-order valence-corrected chi connectivity index (χ3v) is 5.64. The first-order chi connectivity index (χ1) is 11.1. The van der Waals surface area contributed by atoms with E-state index >= 15 is 0 Å². The maximum absolute atomic E-state index is 13.5. The molecule has 0 saturated heterocycles. The minimum absolute atomic E-state index is 0.0256. The van der Waals surface area contributed by atoms with E-state index in [4.69, 9.17) is 4.74 Å². The van der Waals surface area contributed by atoms with E-state index in [-0.39, 0.29) is 24.6 Å². The van der Waals surface area contributed by atoms with Gasteiger partial charge in [-0.1, -0.05) is 30.3 Å². The number of ether oxygens (including phenoxy) is 1. The average molecular weight is 335 g/mol. The summed E-state index contributed by atoms with van der Waals surface area (Å²) in [7, 11) is -3.50. The van der Waals surface area contributed by atoms with Gasteiger partial charge in [0, 0.05) is 6.07 Å². The predicted octanol–water partition coefficient (Wildman–Crippen LogP) is 2.99. The van der Waals surface area contributed by atoms with Crippen LogP contribution in [0.3, 0.4) is 0 Å². The lowest BCUT2D eigenvalue weighted by Crippen LogP contribution is -2.39. The number of sulfonamides is 1. The van der Waals surface area contributed by atoms with E-state index in [0.717, 1.165) is 5.56 Å². The zero-order valence-electron chi connectivity index (χ0n) is 12.6. The number of halogens is 1. The van der Waals surface area contributed by atoms with Crippen LogP contribution in [0.25, 0.3) is 0 Å². The minimum atomic E-state index is -3.50. The van der Waals surface area contributed by atoms with Crippen molar-refractivity contribution < 1.29 is 17.5 Å². The normalized spacial score (nSPS) is 14.2. The molecule has 0 spiro atoms. The van der Waals surface area contributed by atoms with Gasteiger partial charge in [0.1, 0.15) is 18.2 Å². The number of rotatable bonds is 5. The highest BCUT2D eigenvalue weighted by Gasteiger charge is 2.28. The Morgan fingerprint density at radius 2 is 1.91 bits per heavy atom. The molecular weight excluding hydrogens is 317 g/mol. The maximum atomic E-state index is 13.5. The van der Waals surface area contributed by atoms with Crippen LogP contribution in [0.1, 0.15) is 12.0 Å². The summed E-state index contributed by atoms with van der Waals surface area (Å²) in [5, 5.41) is 0. The molecule has 0 fully saturated rings. The highest BCUT2D eigenvalue weighted by Crippen LogP contribution is 2.34. The molecular formula is C17H18FNO3S. The van der Waals surface area contributed by atoms with Gasteiger partial charge in [-0.05, 0) is 30.5 Å². The van der Waals surface area contributed by atoms with Crippen LogP contribution in [0.2, 0.25) is 0 Å². The second kappa shape index (κ2) is 6.58. The molecule has 0 saturated carbocycles. The molecule has 122 valence electrons. The summed E-state index contributed by atoms with van der Waals surface area (Å²) in [6.45, 7) is 0.487. The number of anilines is 1. The summed E-state index contributed by atoms with van der Waals surface area (Å²) in [4.78, 5) is 0. The second-order valence-electron chi connectivity index (χ2n) is 5.44. The van der Waals surface area contributed by atoms with Crippen LogP contribution in [0.4, 0.5) is 10.1 Å². The number of fused-ring (bicyclic) bond motifs is 1. The standard InChI is InChI=1S/C17H18FNO3S/c18-15-8-9-17-16(13-15)19(10-11-22-17)23(20,21)12-4-7-14-5-2-1-3-6-14/h1-3,5-6,8-9,13H,4,7,10-12H2. The third kappa shape index (κ3) is 3.64. The van der Waals surface area contributed by atoms with Crippen LogP contribution in [0.5, 0.6) is 5.75 Å². The third-order valence-electron chi connectivity index (χ3n) is 3.79. The molecule has 0 aromatic heterocycles. The molecule has 23 heavy (non-hydrogen) atoms. The quantitative estimate of drug-likeness (QED) is 0.844. The van der Waals surface area contributed by atoms with E-state index in [9.17, 15) is 12.8 Å². The molecule has 0 unspecified atom stereocenters. The van der Waals surface area contributed by atoms with Crippen LogP contribution < -0.4 is 9.04 Å². The van der Waals surface area contributed by atoms with Crippen LogP contribution in [-0.4, -0.2) is 27.3 Å². The van der Waals surface area contributed by atoms with E-state index < -0.39 is 15.8 Å². The van der Waals surface area contributed by atoms with Crippen molar-refractivity contribution >= 4 is 15.7 Å². The van der Waals surface area contributed by atoms with Crippen molar-refractivity contribution in [3.8, 4) is 5.75 Å². The predicted molar refractivity (Wildman–Crippen MR) is 87.8 cm³/mol. The van der Waals surface area contributed by atoms with Gasteiger partial charge in [-0.25, -0.2) is 12.8 Å². The Bertz CT molecular complexity index is 778. The first kappa shape index (κ1) is 15.8. The summed E-state index contributed by atoms with van der Waals surface area (Å²) in [6.07, 6.45) is 1.22. The van der Waals surface area contributed by atoms with E-state index in [1.807, 2.05) is 30.3 Å². The van der Waals surface area contributed by atoms with Crippen LogP contribution >= 0.6 is 0 Å². The Balaban J connectivity index is 1.72. The van der Waals surface area contributed by atoms with Crippen molar-refractivity contribution in [2.75, 3.05) is 23.2 Å². The summed E-state index contributed by atoms with van der Waals surface area (Å²) >= 11 is 0. The Hall–Kier alpha value is -2.08. The first-order valence-corrected chi connectivity index (χ1v) is 9.14. The lowest BCUT2D eigenvalue weighted by molar-refractivity contribution is 0.315. The van der Waals surface area contributed by atoms with E-state index in [0.29, 0.717) is 18.6 Å². The molecule has 0 amide bonds. The van der Waals surface area contributed by atoms with Gasteiger partial charge in [-0.3, -0.25) is 4.31 Å². The molecule has 1 aliphatic rings. The highest BCUT2D eigenvalue weighted by atomic mass is 32.2. The molecule has 6 heteroatoms. The van der Waals surface area contributed by atoms with E-state index in [2.05, 4.69) is 0 Å². The van der Waals surface area contributed by atoms with Crippen molar-refractivity contribution in [1.82, 2.24) is 0 Å². The Morgan fingerprint density at radius 3 is 2.70 bits per heavy atom. The van der Waals surface area contributed by atoms with Crippen molar-refractivity contribution in [3.63, 3.8) is 0 Å². The first-order valence-electron chi connectivity index (χ1n) is 7.53. The SMILES string of the molecule is O=S(=O)(CCCc1ccccc1)N1CCOc2ccc(F)cc21. The molecule has 0 aliphatic carbocycles. The Morgan fingerprint density at radius 1 is 1.13 bits per heavy atom. The van der Waals surface area contributed by atoms with Crippen LogP contribution in [0, 0.1) is 5.82 Å². The summed E-state index contributed by atoms with van der Waals surface area (Å²) < 4.78 is 45.3. The fraction of sp³-hybridized carbons (Fsp3) is 0.294. The largest absolute Gasteiger partial charge is 0.489 e. The number of hydrogen-bond donors (Lipinski definition) is 0. The van der Waals surface area contributed by atoms with Gasteiger partial charge in [0.15, 0.2) is 0 Å². The molecule has 1 aliphatic heterocycles. The highest BCUT2D eigenvalue weighted by molar-refractivity contribution is 7.92. The van der Waals surface area contributed by atoms with Gasteiger partial charge in [-0.15, -0.1) is 0 Å². The number of aryl methyl sites for hydroxylation is 1. The Kier molecular flexibility index (Phi) is 4.52. The summed E-state index contributed by atoms with van der Waals surface area (Å²) in [5.41, 5.74) is 1.40. The summed E-state index contributed by atoms with van der Waals surface area (Å²) in [6, 6.07) is 13.7. The Labute approximate surface area is 135 Å². The lowest BCUT2D eigenvalue weighted by atomic mass is 10.1. The van der Waals surface area contributed by atoms with Crippen molar-refractivity contribution in [2.45, 2.75) is 12.8 Å². The van der Waals surface area contributed by atoms with Crippen molar-refractivity contribution in [3.05, 3.63) is 59.9 Å². The van der Waals surface area contributed by atoms with E-state index in [1.165, 1.54) is 22.5 Å². The van der Waals surface area contributed by atoms with Gasteiger partial charge in [0.2, 0.25) is 10.0 Å². The molecule has 0 atom stereocenters.